The number of fused-ring (bicyclic) bond motifs is 2. The maximum atomic E-state index is 12.4. The molecule has 51 heavy (non-hydrogen) atoms. The highest BCUT2D eigenvalue weighted by Crippen LogP contribution is 2.32. The van der Waals surface area contributed by atoms with Gasteiger partial charge in [-0.1, -0.05) is 11.5 Å². The van der Waals surface area contributed by atoms with Crippen molar-refractivity contribution in [3.63, 3.8) is 0 Å². The summed E-state index contributed by atoms with van der Waals surface area (Å²) in [6, 6.07) is 5.61. The van der Waals surface area contributed by atoms with Crippen LogP contribution in [-0.2, 0) is 35.1 Å². The second kappa shape index (κ2) is 22.1. The number of benzene rings is 1. The van der Waals surface area contributed by atoms with Crippen LogP contribution >= 0.6 is 0 Å². The largest absolute Gasteiger partial charge is 0.424 e. The number of nitrogens with zero attached hydrogens (tertiary/aromatic N) is 8. The Hall–Kier alpha value is -4.87. The number of anilines is 2. The van der Waals surface area contributed by atoms with E-state index in [4.69, 9.17) is 45.5 Å². The summed E-state index contributed by atoms with van der Waals surface area (Å²) < 4.78 is 28.7. The molecule has 0 atom stereocenters. The molecule has 4 aromatic rings. The third kappa shape index (κ3) is 13.4. The quantitative estimate of drug-likeness (QED) is 0.0343. The molecular formula is C33H47N11O7. The number of ether oxygens (including phenoxy) is 4. The number of azide groups is 1. The smallest absolute Gasteiger partial charge is 0.292 e. The van der Waals surface area contributed by atoms with E-state index in [1.54, 1.807) is 6.07 Å². The summed E-state index contributed by atoms with van der Waals surface area (Å²) in [7, 11) is 0. The molecule has 3 heterocycles. The lowest BCUT2D eigenvalue weighted by atomic mass is 10.1. The Morgan fingerprint density at radius 3 is 2.31 bits per heavy atom. The number of carbonyl (C=O) groups excluding carboxylic acids is 2. The molecule has 276 valence electrons. The maximum absolute atomic E-state index is 12.4. The fraction of sp³-hybridized carbons (Fsp3) is 0.576. The first kappa shape index (κ1) is 38.9. The number of ketones is 1. The number of hydrogen-bond acceptors (Lipinski definition) is 14. The molecule has 3 aromatic heterocycles. The van der Waals surface area contributed by atoms with Crippen LogP contribution in [0.4, 0.5) is 11.8 Å². The van der Waals surface area contributed by atoms with E-state index in [0.717, 1.165) is 24.8 Å². The molecule has 0 aliphatic heterocycles. The van der Waals surface area contributed by atoms with E-state index in [1.165, 1.54) is 6.33 Å². The third-order valence-corrected chi connectivity index (χ3v) is 7.75. The molecule has 0 unspecified atom stereocenters. The van der Waals surface area contributed by atoms with Gasteiger partial charge in [0.25, 0.3) is 6.01 Å². The second-order valence-electron chi connectivity index (χ2n) is 11.6. The van der Waals surface area contributed by atoms with E-state index < -0.39 is 0 Å². The molecule has 18 heteroatoms. The van der Waals surface area contributed by atoms with Crippen LogP contribution in [0.5, 0.6) is 0 Å². The molecule has 0 radical (unpaired) electrons. The second-order valence-corrected chi connectivity index (χ2v) is 11.6. The van der Waals surface area contributed by atoms with Gasteiger partial charge in [0.05, 0.1) is 58.2 Å². The minimum absolute atomic E-state index is 0.0501. The van der Waals surface area contributed by atoms with Crippen molar-refractivity contribution in [2.45, 2.75) is 57.9 Å². The van der Waals surface area contributed by atoms with E-state index in [0.29, 0.717) is 138 Å². The Morgan fingerprint density at radius 1 is 0.882 bits per heavy atom. The number of aromatic nitrogens is 5. The van der Waals surface area contributed by atoms with E-state index in [9.17, 15) is 9.59 Å². The standard InChI is InChI=1S/C33H47N11O7/c34-31-29-30(24-9-10-27-26(22-24)41-33(35)51-27)42-44(32(29)39-23-38-31)13-5-1-2-6-25(45)7-3-4-8-28(46)37-11-14-47-16-18-49-20-21-50-19-17-48-15-12-40-43-36/h9-10,22-23H,1-8,11-21H2,(H2,35,41)(H,37,46)(H2,34,38,39). The van der Waals surface area contributed by atoms with Crippen molar-refractivity contribution in [2.24, 2.45) is 5.11 Å². The third-order valence-electron chi connectivity index (χ3n) is 7.75. The number of nitrogen functional groups attached to an aromatic ring is 2. The van der Waals surface area contributed by atoms with Crippen molar-refractivity contribution in [2.75, 3.05) is 77.4 Å². The Labute approximate surface area is 295 Å². The average molecular weight is 710 g/mol. The summed E-state index contributed by atoms with van der Waals surface area (Å²) in [6.45, 7) is 4.73. The van der Waals surface area contributed by atoms with E-state index in [-0.39, 0.29) is 17.7 Å². The highest BCUT2D eigenvalue weighted by atomic mass is 16.6. The topological polar surface area (TPSA) is 254 Å². The number of oxazole rings is 1. The summed E-state index contributed by atoms with van der Waals surface area (Å²) in [5, 5.41) is 11.7. The predicted molar refractivity (Wildman–Crippen MR) is 189 cm³/mol. The van der Waals surface area contributed by atoms with Crippen molar-refractivity contribution >= 4 is 45.7 Å². The molecule has 1 aromatic carbocycles. The summed E-state index contributed by atoms with van der Waals surface area (Å²) in [6.07, 6.45) is 6.59. The van der Waals surface area contributed by atoms with Crippen molar-refractivity contribution < 1.29 is 33.0 Å². The first-order valence-electron chi connectivity index (χ1n) is 17.2. The molecule has 0 spiro atoms. The number of aryl methyl sites for hydroxylation is 1. The Kier molecular flexibility index (Phi) is 16.8. The van der Waals surface area contributed by atoms with Gasteiger partial charge >= 0.3 is 0 Å². The van der Waals surface area contributed by atoms with Gasteiger partial charge < -0.3 is 40.1 Å². The number of hydrogen-bond donors (Lipinski definition) is 3. The van der Waals surface area contributed by atoms with Crippen LogP contribution in [0.15, 0.2) is 34.1 Å². The van der Waals surface area contributed by atoms with Crippen LogP contribution in [-0.4, -0.2) is 102 Å². The molecule has 0 saturated heterocycles. The molecule has 0 saturated carbocycles. The number of Topliss-reactive ketones (excluding diaryl/α,β-unsaturated/α-hetero) is 1. The highest BCUT2D eigenvalue weighted by Gasteiger charge is 2.18. The van der Waals surface area contributed by atoms with Gasteiger partial charge in [0, 0.05) is 49.4 Å². The lowest BCUT2D eigenvalue weighted by Crippen LogP contribution is -2.27. The van der Waals surface area contributed by atoms with Crippen LogP contribution in [0, 0.1) is 0 Å². The summed E-state index contributed by atoms with van der Waals surface area (Å²) in [5.74, 6) is 0.503. The highest BCUT2D eigenvalue weighted by molar-refractivity contribution is 5.99. The number of unbranched alkanes of at least 4 members (excludes halogenated alkanes) is 3. The molecule has 5 N–H and O–H groups in total. The van der Waals surface area contributed by atoms with Gasteiger partial charge in [-0.2, -0.15) is 10.1 Å². The Bertz CT molecular complexity index is 1720. The molecule has 0 fully saturated rings. The van der Waals surface area contributed by atoms with E-state index >= 15 is 0 Å². The van der Waals surface area contributed by atoms with Crippen molar-refractivity contribution in [3.8, 4) is 11.3 Å². The van der Waals surface area contributed by atoms with Gasteiger partial charge in [-0.05, 0) is 49.4 Å². The number of carbonyl (C=O) groups is 2. The van der Waals surface area contributed by atoms with Crippen LogP contribution < -0.4 is 16.8 Å². The van der Waals surface area contributed by atoms with Gasteiger partial charge in [0.2, 0.25) is 5.91 Å². The zero-order valence-corrected chi connectivity index (χ0v) is 28.8. The SMILES string of the molecule is [N-]=[N+]=NCCOCCOCCOCCOCCNC(=O)CCCCC(=O)CCCCCn1nc(-c2ccc3oc(N)nc3c2)c2c(N)ncnc21. The van der Waals surface area contributed by atoms with Gasteiger partial charge in [-0.25, -0.2) is 14.6 Å². The van der Waals surface area contributed by atoms with Crippen molar-refractivity contribution in [1.29, 1.82) is 0 Å². The number of rotatable bonds is 27. The van der Waals surface area contributed by atoms with Crippen LogP contribution in [0.1, 0.15) is 51.4 Å². The lowest BCUT2D eigenvalue weighted by Gasteiger charge is -2.08. The van der Waals surface area contributed by atoms with Crippen LogP contribution in [0.3, 0.4) is 0 Å². The van der Waals surface area contributed by atoms with Gasteiger partial charge in [-0.15, -0.1) is 0 Å². The van der Waals surface area contributed by atoms with Gasteiger partial charge in [0.1, 0.15) is 29.1 Å². The van der Waals surface area contributed by atoms with Crippen LogP contribution in [0.25, 0.3) is 43.8 Å². The summed E-state index contributed by atoms with van der Waals surface area (Å²) in [5.41, 5.74) is 23.4. The Morgan fingerprint density at radius 2 is 1.57 bits per heavy atom. The minimum atomic E-state index is -0.0501. The predicted octanol–water partition coefficient (Wildman–Crippen LogP) is 3.98. The summed E-state index contributed by atoms with van der Waals surface area (Å²) >= 11 is 0. The monoisotopic (exact) mass is 709 g/mol. The molecule has 1 amide bonds. The number of nitrogens with one attached hydrogen (secondary N) is 1. The maximum Gasteiger partial charge on any atom is 0.292 e. The lowest BCUT2D eigenvalue weighted by molar-refractivity contribution is -0.122. The molecular weight excluding hydrogens is 662 g/mol. The number of amides is 1. The van der Waals surface area contributed by atoms with E-state index in [2.05, 4.69) is 30.3 Å². The molecule has 0 bridgehead atoms. The van der Waals surface area contributed by atoms with Crippen molar-refractivity contribution in [3.05, 3.63) is 35.0 Å². The molecule has 18 nitrogen and oxygen atoms in total. The van der Waals surface area contributed by atoms with Crippen molar-refractivity contribution in [1.82, 2.24) is 30.0 Å². The van der Waals surface area contributed by atoms with E-state index in [1.807, 2.05) is 16.8 Å². The molecule has 0 aliphatic carbocycles. The normalized spacial score (nSPS) is 11.3. The fourth-order valence-electron chi connectivity index (χ4n) is 5.24. The van der Waals surface area contributed by atoms with Crippen LogP contribution in [0.2, 0.25) is 0 Å². The Balaban J connectivity index is 0.991. The first-order valence-corrected chi connectivity index (χ1v) is 17.2. The first-order chi connectivity index (χ1) is 25.0. The molecule has 0 aliphatic rings. The van der Waals surface area contributed by atoms with Gasteiger partial charge in [-0.3, -0.25) is 9.59 Å². The summed E-state index contributed by atoms with van der Waals surface area (Å²) in [4.78, 5) is 39.9. The zero-order chi connectivity index (χ0) is 36.1. The minimum Gasteiger partial charge on any atom is -0.424 e. The fourth-order valence-corrected chi connectivity index (χ4v) is 5.24. The number of nitrogens with two attached hydrogens (primary N) is 2. The van der Waals surface area contributed by atoms with Gasteiger partial charge in [0.15, 0.2) is 11.2 Å². The zero-order valence-electron chi connectivity index (χ0n) is 28.8. The average Bonchev–Trinajstić information content (AvgIpc) is 3.69. The molecule has 4 rings (SSSR count).